The summed E-state index contributed by atoms with van der Waals surface area (Å²) >= 11 is 1.36. The fraction of sp³-hybridized carbons (Fsp3) is 0.545. The number of aromatic carboxylic acids is 1. The number of carboxylic acid groups (broad SMARTS) is 1. The quantitative estimate of drug-likeness (QED) is 0.871. The number of likely N-dealkylation sites (N-methyl/N-ethyl adjacent to an activating group) is 1. The van der Waals surface area contributed by atoms with Crippen LogP contribution in [-0.2, 0) is 0 Å². The Bertz CT molecular complexity index is 370. The van der Waals surface area contributed by atoms with Crippen LogP contribution in [0.3, 0.4) is 0 Å². The second-order valence-corrected chi connectivity index (χ2v) is 4.93. The molecule has 0 saturated carbocycles. The van der Waals surface area contributed by atoms with Gasteiger partial charge in [0.05, 0.1) is 5.00 Å². The van der Waals surface area contributed by atoms with E-state index in [0.29, 0.717) is 4.88 Å². The first-order valence-electron chi connectivity index (χ1n) is 5.51. The van der Waals surface area contributed by atoms with Gasteiger partial charge < -0.3 is 14.9 Å². The van der Waals surface area contributed by atoms with E-state index in [2.05, 4.69) is 16.7 Å². The molecule has 0 aliphatic carbocycles. The average molecular weight is 240 g/mol. The van der Waals surface area contributed by atoms with Crippen LogP contribution in [0.25, 0.3) is 0 Å². The van der Waals surface area contributed by atoms with Gasteiger partial charge in [-0.05, 0) is 18.7 Å². The molecule has 2 heterocycles. The van der Waals surface area contributed by atoms with E-state index in [4.69, 9.17) is 5.11 Å². The molecule has 1 aromatic rings. The summed E-state index contributed by atoms with van der Waals surface area (Å²) < 4.78 is 0. The molecule has 0 bridgehead atoms. The van der Waals surface area contributed by atoms with Gasteiger partial charge in [0.15, 0.2) is 0 Å². The molecule has 1 fully saturated rings. The van der Waals surface area contributed by atoms with Gasteiger partial charge >= 0.3 is 5.97 Å². The van der Waals surface area contributed by atoms with Crippen molar-refractivity contribution in [3.63, 3.8) is 0 Å². The van der Waals surface area contributed by atoms with Crippen molar-refractivity contribution in [1.82, 2.24) is 4.90 Å². The Morgan fingerprint density at radius 3 is 2.56 bits per heavy atom. The Kier molecular flexibility index (Phi) is 3.46. The predicted molar refractivity (Wildman–Crippen MR) is 65.6 cm³/mol. The van der Waals surface area contributed by atoms with Crippen molar-refractivity contribution >= 4 is 22.3 Å². The van der Waals surface area contributed by atoms with Crippen LogP contribution in [0, 0.1) is 0 Å². The minimum Gasteiger partial charge on any atom is -0.477 e. The second kappa shape index (κ2) is 4.84. The monoisotopic (exact) mass is 240 g/mol. The molecule has 1 aliphatic rings. The first-order chi connectivity index (χ1) is 7.70. The molecule has 5 heteroatoms. The molecule has 1 N–H and O–H groups in total. The van der Waals surface area contributed by atoms with Gasteiger partial charge in [0.25, 0.3) is 0 Å². The van der Waals surface area contributed by atoms with Gasteiger partial charge in [0.2, 0.25) is 0 Å². The van der Waals surface area contributed by atoms with E-state index in [-0.39, 0.29) is 0 Å². The molecule has 0 amide bonds. The highest BCUT2D eigenvalue weighted by Crippen LogP contribution is 2.26. The first kappa shape index (κ1) is 11.4. The lowest BCUT2D eigenvalue weighted by molar-refractivity contribution is 0.0702. The highest BCUT2D eigenvalue weighted by atomic mass is 32.1. The molecule has 88 valence electrons. The molecule has 0 unspecified atom stereocenters. The molecule has 0 radical (unpaired) electrons. The summed E-state index contributed by atoms with van der Waals surface area (Å²) in [5.41, 5.74) is 0. The number of anilines is 1. The second-order valence-electron chi connectivity index (χ2n) is 3.86. The van der Waals surface area contributed by atoms with Crippen molar-refractivity contribution in [3.8, 4) is 0 Å². The molecular formula is C11H16N2O2S. The molecular weight excluding hydrogens is 224 g/mol. The summed E-state index contributed by atoms with van der Waals surface area (Å²) in [6.07, 6.45) is 0. The Morgan fingerprint density at radius 1 is 1.38 bits per heavy atom. The third-order valence-corrected chi connectivity index (χ3v) is 4.07. The van der Waals surface area contributed by atoms with E-state index >= 15 is 0 Å². The van der Waals surface area contributed by atoms with Crippen LogP contribution in [0.5, 0.6) is 0 Å². The van der Waals surface area contributed by atoms with E-state index in [1.165, 1.54) is 11.3 Å². The summed E-state index contributed by atoms with van der Waals surface area (Å²) in [7, 11) is 0. The highest BCUT2D eigenvalue weighted by molar-refractivity contribution is 7.17. The van der Waals surface area contributed by atoms with E-state index < -0.39 is 5.97 Å². The average Bonchev–Trinajstić information content (AvgIpc) is 2.78. The molecule has 1 aromatic heterocycles. The van der Waals surface area contributed by atoms with Crippen molar-refractivity contribution in [2.45, 2.75) is 6.92 Å². The number of carboxylic acids is 1. The van der Waals surface area contributed by atoms with Gasteiger partial charge in [-0.15, -0.1) is 11.3 Å². The van der Waals surface area contributed by atoms with Crippen LogP contribution in [-0.4, -0.2) is 48.7 Å². The molecule has 0 atom stereocenters. The topological polar surface area (TPSA) is 43.8 Å². The van der Waals surface area contributed by atoms with E-state index in [0.717, 1.165) is 37.7 Å². The predicted octanol–water partition coefficient (Wildman–Crippen LogP) is 1.59. The van der Waals surface area contributed by atoms with E-state index in [1.807, 2.05) is 6.07 Å². The number of rotatable bonds is 3. The van der Waals surface area contributed by atoms with Crippen LogP contribution >= 0.6 is 11.3 Å². The van der Waals surface area contributed by atoms with Crippen LogP contribution in [0.4, 0.5) is 5.00 Å². The van der Waals surface area contributed by atoms with E-state index in [1.54, 1.807) is 6.07 Å². The lowest BCUT2D eigenvalue weighted by atomic mass is 10.3. The molecule has 2 rings (SSSR count). The summed E-state index contributed by atoms with van der Waals surface area (Å²) in [5, 5.41) is 9.94. The zero-order chi connectivity index (χ0) is 11.5. The van der Waals surface area contributed by atoms with Gasteiger partial charge in [-0.1, -0.05) is 6.92 Å². The largest absolute Gasteiger partial charge is 0.477 e. The van der Waals surface area contributed by atoms with Gasteiger partial charge in [-0.25, -0.2) is 4.79 Å². The third-order valence-electron chi connectivity index (χ3n) is 2.93. The lowest BCUT2D eigenvalue weighted by Crippen LogP contribution is -2.45. The van der Waals surface area contributed by atoms with Gasteiger partial charge in [-0.3, -0.25) is 0 Å². The molecule has 0 spiro atoms. The number of hydrogen-bond acceptors (Lipinski definition) is 4. The van der Waals surface area contributed by atoms with Gasteiger partial charge in [0, 0.05) is 26.2 Å². The maximum absolute atomic E-state index is 10.8. The first-order valence-corrected chi connectivity index (χ1v) is 6.33. The summed E-state index contributed by atoms with van der Waals surface area (Å²) in [5.74, 6) is -0.830. The molecule has 1 aliphatic heterocycles. The SMILES string of the molecule is CCN1CCN(c2ccc(C(=O)O)s2)CC1. The van der Waals surface area contributed by atoms with Crippen molar-refractivity contribution in [3.05, 3.63) is 17.0 Å². The molecule has 16 heavy (non-hydrogen) atoms. The summed E-state index contributed by atoms with van der Waals surface area (Å²) in [4.78, 5) is 15.9. The smallest absolute Gasteiger partial charge is 0.345 e. The molecule has 1 saturated heterocycles. The van der Waals surface area contributed by atoms with Crippen LogP contribution < -0.4 is 4.90 Å². The number of carbonyl (C=O) groups is 1. The highest BCUT2D eigenvalue weighted by Gasteiger charge is 2.18. The van der Waals surface area contributed by atoms with Crippen molar-refractivity contribution < 1.29 is 9.90 Å². The Morgan fingerprint density at radius 2 is 2.06 bits per heavy atom. The zero-order valence-corrected chi connectivity index (χ0v) is 10.2. The summed E-state index contributed by atoms with van der Waals surface area (Å²) in [6, 6.07) is 3.60. The number of thiophene rings is 1. The minimum absolute atomic E-state index is 0.424. The Balaban J connectivity index is 2.00. The number of hydrogen-bond donors (Lipinski definition) is 1. The van der Waals surface area contributed by atoms with Crippen LogP contribution in [0.1, 0.15) is 16.6 Å². The molecule has 0 aromatic carbocycles. The molecule has 4 nitrogen and oxygen atoms in total. The summed E-state index contributed by atoms with van der Waals surface area (Å²) in [6.45, 7) is 7.39. The standard InChI is InChI=1S/C11H16N2O2S/c1-2-12-5-7-13(8-6-12)10-4-3-9(16-10)11(14)15/h3-4H,2,5-8H2,1H3,(H,14,15). The van der Waals surface area contributed by atoms with Crippen LogP contribution in [0.15, 0.2) is 12.1 Å². The van der Waals surface area contributed by atoms with Crippen molar-refractivity contribution in [2.75, 3.05) is 37.6 Å². The lowest BCUT2D eigenvalue weighted by Gasteiger charge is -2.34. The Labute approximate surface area is 99.1 Å². The van der Waals surface area contributed by atoms with Crippen molar-refractivity contribution in [1.29, 1.82) is 0 Å². The van der Waals surface area contributed by atoms with Crippen molar-refractivity contribution in [2.24, 2.45) is 0 Å². The fourth-order valence-corrected chi connectivity index (χ4v) is 2.79. The fourth-order valence-electron chi connectivity index (χ4n) is 1.90. The van der Waals surface area contributed by atoms with Crippen LogP contribution in [0.2, 0.25) is 0 Å². The normalized spacial score (nSPS) is 17.7. The number of piperazine rings is 1. The maximum Gasteiger partial charge on any atom is 0.345 e. The zero-order valence-electron chi connectivity index (χ0n) is 9.35. The maximum atomic E-state index is 10.8. The van der Waals surface area contributed by atoms with E-state index in [9.17, 15) is 4.79 Å². The van der Waals surface area contributed by atoms with Gasteiger partial charge in [-0.2, -0.15) is 0 Å². The number of nitrogens with zero attached hydrogens (tertiary/aromatic N) is 2. The Hall–Kier alpha value is -1.07. The minimum atomic E-state index is -0.830. The third kappa shape index (κ3) is 2.36. The van der Waals surface area contributed by atoms with Gasteiger partial charge in [0.1, 0.15) is 4.88 Å².